The third kappa shape index (κ3) is 2.79. The molecular weight excluding hydrogens is 319 g/mol. The molecule has 0 aromatic heterocycles. The fraction of sp³-hybridized carbons (Fsp3) is 0.0714. The minimum Gasteiger partial charge on any atom is -0.294 e. The van der Waals surface area contributed by atoms with E-state index in [1.807, 2.05) is 0 Å². The summed E-state index contributed by atoms with van der Waals surface area (Å²) in [6.45, 7) is 0. The lowest BCUT2D eigenvalue weighted by Gasteiger charge is -2.05. The Balaban J connectivity index is 2.28. The number of carbonyl (C=O) groups is 1. The molecule has 0 N–H and O–H groups in total. The van der Waals surface area contributed by atoms with Gasteiger partial charge in [0, 0.05) is 11.4 Å². The summed E-state index contributed by atoms with van der Waals surface area (Å²) in [5, 5.41) is 0.515. The van der Waals surface area contributed by atoms with Crippen LogP contribution < -0.4 is 0 Å². The lowest BCUT2D eigenvalue weighted by molar-refractivity contribution is 0.0989. The lowest BCUT2D eigenvalue weighted by atomic mass is 10.0. The highest BCUT2D eigenvalue weighted by molar-refractivity contribution is 9.10. The van der Waals surface area contributed by atoms with Crippen LogP contribution >= 0.6 is 27.5 Å². The van der Waals surface area contributed by atoms with Crippen LogP contribution in [-0.4, -0.2) is 5.78 Å². The maximum atomic E-state index is 13.8. The number of hydrogen-bond donors (Lipinski definition) is 0. The van der Waals surface area contributed by atoms with E-state index in [1.54, 1.807) is 36.4 Å². The minimum absolute atomic E-state index is 0.0734. The van der Waals surface area contributed by atoms with E-state index in [1.165, 1.54) is 6.07 Å². The van der Waals surface area contributed by atoms with Gasteiger partial charge in [0.2, 0.25) is 0 Å². The maximum Gasteiger partial charge on any atom is 0.170 e. The van der Waals surface area contributed by atoms with Gasteiger partial charge < -0.3 is 0 Å². The first kappa shape index (κ1) is 13.2. The van der Waals surface area contributed by atoms with Crippen LogP contribution in [0.2, 0.25) is 5.02 Å². The summed E-state index contributed by atoms with van der Waals surface area (Å²) in [4.78, 5) is 12.0. The summed E-state index contributed by atoms with van der Waals surface area (Å²) >= 11 is 9.03. The molecule has 0 saturated heterocycles. The van der Waals surface area contributed by atoms with Gasteiger partial charge in [0.1, 0.15) is 5.82 Å². The molecule has 18 heavy (non-hydrogen) atoms. The number of halogens is 3. The number of rotatable bonds is 3. The van der Waals surface area contributed by atoms with Gasteiger partial charge in [-0.1, -0.05) is 35.9 Å². The molecule has 0 saturated carbocycles. The molecule has 0 heterocycles. The number of Topliss-reactive ketones (excluding diaryl/α,β-unsaturated/α-hetero) is 1. The highest BCUT2D eigenvalue weighted by atomic mass is 79.9. The van der Waals surface area contributed by atoms with Crippen molar-refractivity contribution in [1.82, 2.24) is 0 Å². The molecule has 2 aromatic carbocycles. The quantitative estimate of drug-likeness (QED) is 0.749. The van der Waals surface area contributed by atoms with Gasteiger partial charge in [-0.15, -0.1) is 0 Å². The number of benzene rings is 2. The highest BCUT2D eigenvalue weighted by Gasteiger charge is 2.15. The van der Waals surface area contributed by atoms with Crippen molar-refractivity contribution in [3.63, 3.8) is 0 Å². The third-order valence-corrected chi connectivity index (χ3v) is 3.54. The van der Waals surface area contributed by atoms with Gasteiger partial charge in [0.05, 0.1) is 10.0 Å². The van der Waals surface area contributed by atoms with Crippen LogP contribution in [0.15, 0.2) is 46.9 Å². The van der Waals surface area contributed by atoms with Crippen LogP contribution in [0.1, 0.15) is 15.9 Å². The van der Waals surface area contributed by atoms with E-state index in [2.05, 4.69) is 15.9 Å². The molecule has 4 heteroatoms. The van der Waals surface area contributed by atoms with E-state index in [4.69, 9.17) is 11.6 Å². The fourth-order valence-electron chi connectivity index (χ4n) is 1.63. The van der Waals surface area contributed by atoms with Crippen LogP contribution in [0.4, 0.5) is 4.39 Å². The smallest absolute Gasteiger partial charge is 0.170 e. The van der Waals surface area contributed by atoms with Crippen LogP contribution in [0.5, 0.6) is 0 Å². The zero-order valence-electron chi connectivity index (χ0n) is 9.29. The predicted molar refractivity (Wildman–Crippen MR) is 73.6 cm³/mol. The predicted octanol–water partition coefficient (Wildman–Crippen LogP) is 4.67. The Kier molecular flexibility index (Phi) is 4.15. The standard InChI is InChI=1S/C14H9BrClFO/c15-11-6-3-5-10(14(11)17)13(18)8-9-4-1-2-7-12(9)16/h1-7H,8H2. The molecular formula is C14H9BrClFO. The van der Waals surface area contributed by atoms with Crippen molar-refractivity contribution in [3.8, 4) is 0 Å². The van der Waals surface area contributed by atoms with Crippen molar-refractivity contribution in [3.05, 3.63) is 68.9 Å². The van der Waals surface area contributed by atoms with E-state index in [9.17, 15) is 9.18 Å². The van der Waals surface area contributed by atoms with Gasteiger partial charge in [-0.05, 0) is 39.7 Å². The van der Waals surface area contributed by atoms with E-state index < -0.39 is 5.82 Å². The van der Waals surface area contributed by atoms with Crippen LogP contribution in [0.3, 0.4) is 0 Å². The van der Waals surface area contributed by atoms with Crippen LogP contribution in [0.25, 0.3) is 0 Å². The van der Waals surface area contributed by atoms with Gasteiger partial charge in [0.15, 0.2) is 5.78 Å². The molecule has 0 unspecified atom stereocenters. The SMILES string of the molecule is O=C(Cc1ccccc1Cl)c1cccc(Br)c1F. The van der Waals surface area contributed by atoms with Crippen LogP contribution in [0, 0.1) is 5.82 Å². The molecule has 2 aromatic rings. The molecule has 0 aliphatic heterocycles. The maximum absolute atomic E-state index is 13.8. The van der Waals surface area contributed by atoms with E-state index in [0.717, 1.165) is 0 Å². The van der Waals surface area contributed by atoms with Gasteiger partial charge >= 0.3 is 0 Å². The molecule has 0 radical (unpaired) electrons. The van der Waals surface area contributed by atoms with Crippen molar-refractivity contribution in [1.29, 1.82) is 0 Å². The topological polar surface area (TPSA) is 17.1 Å². The Morgan fingerprint density at radius 1 is 1.17 bits per heavy atom. The molecule has 0 fully saturated rings. The summed E-state index contributed by atoms with van der Waals surface area (Å²) in [5.74, 6) is -0.823. The van der Waals surface area contributed by atoms with Gasteiger partial charge in [-0.25, -0.2) is 4.39 Å². The zero-order valence-corrected chi connectivity index (χ0v) is 11.6. The molecule has 0 spiro atoms. The van der Waals surface area contributed by atoms with Crippen LogP contribution in [-0.2, 0) is 6.42 Å². The average molecular weight is 328 g/mol. The second kappa shape index (κ2) is 5.63. The number of hydrogen-bond acceptors (Lipinski definition) is 1. The molecule has 92 valence electrons. The molecule has 1 nitrogen and oxygen atoms in total. The first-order valence-corrected chi connectivity index (χ1v) is 6.47. The highest BCUT2D eigenvalue weighted by Crippen LogP contribution is 2.22. The normalized spacial score (nSPS) is 10.4. The molecule has 0 aliphatic carbocycles. The first-order chi connectivity index (χ1) is 8.59. The minimum atomic E-state index is -0.533. The Morgan fingerprint density at radius 3 is 2.61 bits per heavy atom. The van der Waals surface area contributed by atoms with E-state index in [-0.39, 0.29) is 22.2 Å². The van der Waals surface area contributed by atoms with Gasteiger partial charge in [-0.2, -0.15) is 0 Å². The Bertz CT molecular complexity index is 598. The third-order valence-electron chi connectivity index (χ3n) is 2.56. The second-order valence-electron chi connectivity index (χ2n) is 3.79. The summed E-state index contributed by atoms with van der Waals surface area (Å²) < 4.78 is 14.0. The number of carbonyl (C=O) groups excluding carboxylic acids is 1. The lowest BCUT2D eigenvalue weighted by Crippen LogP contribution is -2.06. The average Bonchev–Trinajstić information content (AvgIpc) is 2.35. The van der Waals surface area contributed by atoms with E-state index >= 15 is 0 Å². The Morgan fingerprint density at radius 2 is 1.89 bits per heavy atom. The van der Waals surface area contributed by atoms with Crippen molar-refractivity contribution in [2.75, 3.05) is 0 Å². The Labute approximate surface area is 118 Å². The molecule has 0 atom stereocenters. The van der Waals surface area contributed by atoms with E-state index in [0.29, 0.717) is 10.6 Å². The monoisotopic (exact) mass is 326 g/mol. The molecule has 0 aliphatic rings. The number of ketones is 1. The van der Waals surface area contributed by atoms with Gasteiger partial charge in [-0.3, -0.25) is 4.79 Å². The molecule has 0 bridgehead atoms. The van der Waals surface area contributed by atoms with Crippen molar-refractivity contribution in [2.24, 2.45) is 0 Å². The molecule has 0 amide bonds. The second-order valence-corrected chi connectivity index (χ2v) is 5.05. The summed E-state index contributed by atoms with van der Waals surface area (Å²) in [5.41, 5.74) is 0.771. The summed E-state index contributed by atoms with van der Waals surface area (Å²) in [6.07, 6.45) is 0.0903. The zero-order chi connectivity index (χ0) is 13.1. The van der Waals surface area contributed by atoms with Crippen molar-refractivity contribution in [2.45, 2.75) is 6.42 Å². The molecule has 2 rings (SSSR count). The Hall–Kier alpha value is -1.19. The summed E-state index contributed by atoms with van der Waals surface area (Å²) in [6, 6.07) is 11.7. The summed E-state index contributed by atoms with van der Waals surface area (Å²) in [7, 11) is 0. The van der Waals surface area contributed by atoms with Crippen molar-refractivity contribution < 1.29 is 9.18 Å². The largest absolute Gasteiger partial charge is 0.294 e. The first-order valence-electron chi connectivity index (χ1n) is 5.30. The van der Waals surface area contributed by atoms with Crippen molar-refractivity contribution >= 4 is 33.3 Å². The fourth-order valence-corrected chi connectivity index (χ4v) is 2.20. The van der Waals surface area contributed by atoms with Gasteiger partial charge in [0.25, 0.3) is 0 Å².